The first kappa shape index (κ1) is 11.6. The van der Waals surface area contributed by atoms with Gasteiger partial charge in [-0.1, -0.05) is 0 Å². The second kappa shape index (κ2) is 5.00. The standard InChI is InChI=1S/C12H18ClN3/c1-9-3-6-14-12(15-9)16-7-4-11(5-8-16)10(2)13/h3,6,10-11H,4-5,7-8H2,1-2H3. The van der Waals surface area contributed by atoms with Crippen LogP contribution < -0.4 is 4.90 Å². The van der Waals surface area contributed by atoms with Crippen molar-refractivity contribution < 1.29 is 0 Å². The lowest BCUT2D eigenvalue weighted by atomic mass is 9.94. The third kappa shape index (κ3) is 2.64. The third-order valence-electron chi connectivity index (χ3n) is 3.25. The minimum absolute atomic E-state index is 0.278. The van der Waals surface area contributed by atoms with Crippen LogP contribution in [-0.4, -0.2) is 28.4 Å². The van der Waals surface area contributed by atoms with E-state index in [1.165, 1.54) is 0 Å². The molecule has 2 heterocycles. The number of hydrogen-bond donors (Lipinski definition) is 0. The predicted molar refractivity (Wildman–Crippen MR) is 67.0 cm³/mol. The number of anilines is 1. The highest BCUT2D eigenvalue weighted by Crippen LogP contribution is 2.25. The van der Waals surface area contributed by atoms with Crippen LogP contribution >= 0.6 is 11.6 Å². The predicted octanol–water partition coefficient (Wildman–Crippen LogP) is 2.63. The van der Waals surface area contributed by atoms with Crippen molar-refractivity contribution in [2.45, 2.75) is 32.1 Å². The molecular weight excluding hydrogens is 222 g/mol. The van der Waals surface area contributed by atoms with E-state index in [4.69, 9.17) is 11.6 Å². The largest absolute Gasteiger partial charge is 0.341 e. The van der Waals surface area contributed by atoms with E-state index in [1.807, 2.05) is 19.2 Å². The molecule has 1 saturated heterocycles. The van der Waals surface area contributed by atoms with E-state index in [1.54, 1.807) is 0 Å². The molecule has 4 heteroatoms. The lowest BCUT2D eigenvalue weighted by molar-refractivity contribution is 0.397. The zero-order valence-corrected chi connectivity index (χ0v) is 10.6. The Morgan fingerprint density at radius 1 is 1.44 bits per heavy atom. The number of piperidine rings is 1. The smallest absolute Gasteiger partial charge is 0.225 e. The first-order valence-electron chi connectivity index (χ1n) is 5.85. The molecule has 1 fully saturated rings. The quantitative estimate of drug-likeness (QED) is 0.743. The first-order chi connectivity index (χ1) is 7.66. The summed E-state index contributed by atoms with van der Waals surface area (Å²) in [4.78, 5) is 11.0. The molecule has 16 heavy (non-hydrogen) atoms. The Hall–Kier alpha value is -0.830. The minimum Gasteiger partial charge on any atom is -0.341 e. The summed E-state index contributed by atoms with van der Waals surface area (Å²) in [5.41, 5.74) is 1.03. The van der Waals surface area contributed by atoms with E-state index >= 15 is 0 Å². The molecule has 0 spiro atoms. The van der Waals surface area contributed by atoms with Gasteiger partial charge in [-0.05, 0) is 38.7 Å². The summed E-state index contributed by atoms with van der Waals surface area (Å²) in [7, 11) is 0. The zero-order valence-electron chi connectivity index (χ0n) is 9.86. The van der Waals surface area contributed by atoms with Crippen molar-refractivity contribution in [1.29, 1.82) is 0 Å². The highest BCUT2D eigenvalue weighted by molar-refractivity contribution is 6.20. The van der Waals surface area contributed by atoms with E-state index in [2.05, 4.69) is 21.8 Å². The number of rotatable bonds is 2. The fraction of sp³-hybridized carbons (Fsp3) is 0.667. The van der Waals surface area contributed by atoms with Gasteiger partial charge in [0.1, 0.15) is 0 Å². The lowest BCUT2D eigenvalue weighted by Gasteiger charge is -2.33. The number of aryl methyl sites for hydroxylation is 1. The molecule has 1 unspecified atom stereocenters. The van der Waals surface area contributed by atoms with Crippen molar-refractivity contribution in [3.05, 3.63) is 18.0 Å². The van der Waals surface area contributed by atoms with Crippen LogP contribution in [0.2, 0.25) is 0 Å². The van der Waals surface area contributed by atoms with Gasteiger partial charge in [0.25, 0.3) is 0 Å². The highest BCUT2D eigenvalue weighted by atomic mass is 35.5. The van der Waals surface area contributed by atoms with Gasteiger partial charge in [0.2, 0.25) is 5.95 Å². The van der Waals surface area contributed by atoms with E-state index < -0.39 is 0 Å². The van der Waals surface area contributed by atoms with Gasteiger partial charge in [-0.3, -0.25) is 0 Å². The first-order valence-corrected chi connectivity index (χ1v) is 6.29. The molecule has 88 valence electrons. The molecule has 0 saturated carbocycles. The average molecular weight is 240 g/mol. The highest BCUT2D eigenvalue weighted by Gasteiger charge is 2.23. The normalized spacial score (nSPS) is 19.8. The fourth-order valence-corrected chi connectivity index (χ4v) is 2.40. The van der Waals surface area contributed by atoms with Gasteiger partial charge in [-0.15, -0.1) is 11.6 Å². The van der Waals surface area contributed by atoms with E-state index in [0.29, 0.717) is 5.92 Å². The van der Waals surface area contributed by atoms with Crippen LogP contribution in [0.5, 0.6) is 0 Å². The summed E-state index contributed by atoms with van der Waals surface area (Å²) in [6.07, 6.45) is 4.11. The number of alkyl halides is 1. The van der Waals surface area contributed by atoms with Crippen LogP contribution in [0.4, 0.5) is 5.95 Å². The maximum absolute atomic E-state index is 6.13. The van der Waals surface area contributed by atoms with Crippen LogP contribution in [0, 0.1) is 12.8 Å². The van der Waals surface area contributed by atoms with Crippen molar-refractivity contribution in [3.8, 4) is 0 Å². The second-order valence-corrected chi connectivity index (χ2v) is 5.19. The molecule has 0 N–H and O–H groups in total. The van der Waals surface area contributed by atoms with Gasteiger partial charge in [-0.2, -0.15) is 0 Å². The fourth-order valence-electron chi connectivity index (χ4n) is 2.15. The monoisotopic (exact) mass is 239 g/mol. The van der Waals surface area contributed by atoms with E-state index in [0.717, 1.165) is 37.6 Å². The van der Waals surface area contributed by atoms with E-state index in [-0.39, 0.29) is 5.38 Å². The molecule has 2 rings (SSSR count). The molecule has 0 radical (unpaired) electrons. The molecule has 1 aliphatic rings. The van der Waals surface area contributed by atoms with Crippen LogP contribution in [-0.2, 0) is 0 Å². The van der Waals surface area contributed by atoms with Gasteiger partial charge in [0, 0.05) is 30.4 Å². The van der Waals surface area contributed by atoms with Crippen LogP contribution in [0.25, 0.3) is 0 Å². The Labute approximate surface area is 102 Å². The van der Waals surface area contributed by atoms with Crippen molar-refractivity contribution >= 4 is 17.5 Å². The number of hydrogen-bond acceptors (Lipinski definition) is 3. The topological polar surface area (TPSA) is 29.0 Å². The summed E-state index contributed by atoms with van der Waals surface area (Å²) in [5, 5.41) is 0.278. The average Bonchev–Trinajstić information content (AvgIpc) is 2.29. The number of aromatic nitrogens is 2. The third-order valence-corrected chi connectivity index (χ3v) is 3.61. The SMILES string of the molecule is Cc1ccnc(N2CCC(C(C)Cl)CC2)n1. The molecular formula is C12H18ClN3. The summed E-state index contributed by atoms with van der Waals surface area (Å²) < 4.78 is 0. The Morgan fingerprint density at radius 2 is 2.12 bits per heavy atom. The molecule has 1 aromatic heterocycles. The van der Waals surface area contributed by atoms with Crippen LogP contribution in [0.1, 0.15) is 25.5 Å². The lowest BCUT2D eigenvalue weighted by Crippen LogP contribution is -2.37. The van der Waals surface area contributed by atoms with E-state index in [9.17, 15) is 0 Å². The van der Waals surface area contributed by atoms with Crippen molar-refractivity contribution in [1.82, 2.24) is 9.97 Å². The van der Waals surface area contributed by atoms with Crippen molar-refractivity contribution in [2.75, 3.05) is 18.0 Å². The Bertz CT molecular complexity index is 346. The van der Waals surface area contributed by atoms with Gasteiger partial charge >= 0.3 is 0 Å². The Kier molecular flexibility index (Phi) is 3.64. The maximum Gasteiger partial charge on any atom is 0.225 e. The molecule has 1 atom stereocenters. The van der Waals surface area contributed by atoms with Crippen molar-refractivity contribution in [2.24, 2.45) is 5.92 Å². The summed E-state index contributed by atoms with van der Waals surface area (Å²) >= 11 is 6.13. The Morgan fingerprint density at radius 3 is 2.69 bits per heavy atom. The minimum atomic E-state index is 0.278. The molecule has 0 aromatic carbocycles. The van der Waals surface area contributed by atoms with Crippen LogP contribution in [0.3, 0.4) is 0 Å². The molecule has 0 bridgehead atoms. The molecule has 1 aliphatic heterocycles. The molecule has 0 aliphatic carbocycles. The maximum atomic E-state index is 6.13. The molecule has 0 amide bonds. The number of halogens is 1. The van der Waals surface area contributed by atoms with Gasteiger partial charge in [0.15, 0.2) is 0 Å². The van der Waals surface area contributed by atoms with Gasteiger partial charge < -0.3 is 4.90 Å². The van der Waals surface area contributed by atoms with Gasteiger partial charge in [-0.25, -0.2) is 9.97 Å². The summed E-state index contributed by atoms with van der Waals surface area (Å²) in [6, 6.07) is 1.93. The Balaban J connectivity index is 1.99. The van der Waals surface area contributed by atoms with Crippen LogP contribution in [0.15, 0.2) is 12.3 Å². The zero-order chi connectivity index (χ0) is 11.5. The number of nitrogens with zero attached hydrogens (tertiary/aromatic N) is 3. The van der Waals surface area contributed by atoms with Gasteiger partial charge in [0.05, 0.1) is 0 Å². The summed E-state index contributed by atoms with van der Waals surface area (Å²) in [6.45, 7) is 6.13. The molecule has 1 aromatic rings. The second-order valence-electron chi connectivity index (χ2n) is 4.50. The van der Waals surface area contributed by atoms with Crippen molar-refractivity contribution in [3.63, 3.8) is 0 Å². The molecule has 3 nitrogen and oxygen atoms in total. The summed E-state index contributed by atoms with van der Waals surface area (Å²) in [5.74, 6) is 1.50.